The molecular formula is C32H42O5. The van der Waals surface area contributed by atoms with Crippen LogP contribution in [0.15, 0.2) is 47.6 Å². The predicted molar refractivity (Wildman–Crippen MR) is 142 cm³/mol. The number of carbonyl (C=O) groups is 3. The van der Waals surface area contributed by atoms with Crippen LogP contribution in [0.2, 0.25) is 0 Å². The van der Waals surface area contributed by atoms with Gasteiger partial charge in [0.1, 0.15) is 18.0 Å². The minimum absolute atomic E-state index is 0.0190. The van der Waals surface area contributed by atoms with Crippen molar-refractivity contribution >= 4 is 17.7 Å². The van der Waals surface area contributed by atoms with E-state index >= 15 is 0 Å². The van der Waals surface area contributed by atoms with E-state index in [4.69, 9.17) is 9.47 Å². The number of carbonyl (C=O) groups excluding carboxylic acids is 3. The van der Waals surface area contributed by atoms with E-state index in [0.29, 0.717) is 6.42 Å². The molecule has 200 valence electrons. The monoisotopic (exact) mass is 506 g/mol. The molecule has 5 aliphatic rings. The van der Waals surface area contributed by atoms with Gasteiger partial charge in [-0.15, -0.1) is 0 Å². The normalized spacial score (nSPS) is 41.4. The molecule has 0 spiro atoms. The smallest absolute Gasteiger partial charge is 0.313 e. The lowest BCUT2D eigenvalue weighted by Crippen LogP contribution is -2.41. The van der Waals surface area contributed by atoms with E-state index in [1.54, 1.807) is 6.92 Å². The number of ketones is 1. The summed E-state index contributed by atoms with van der Waals surface area (Å²) in [5.74, 6) is -0.807. The van der Waals surface area contributed by atoms with Crippen molar-refractivity contribution in [1.29, 1.82) is 0 Å². The maximum Gasteiger partial charge on any atom is 0.313 e. The van der Waals surface area contributed by atoms with Gasteiger partial charge in [-0.25, -0.2) is 0 Å². The Labute approximate surface area is 221 Å². The fourth-order valence-electron chi connectivity index (χ4n) is 8.19. The van der Waals surface area contributed by atoms with Crippen LogP contribution in [0, 0.1) is 35.0 Å². The average Bonchev–Trinajstić information content (AvgIpc) is 3.39. The third-order valence-corrected chi connectivity index (χ3v) is 10.1. The van der Waals surface area contributed by atoms with Crippen molar-refractivity contribution in [3.63, 3.8) is 0 Å². The molecule has 2 saturated heterocycles. The minimum atomic E-state index is -1.01. The fourth-order valence-corrected chi connectivity index (χ4v) is 8.19. The van der Waals surface area contributed by atoms with Crippen LogP contribution in [-0.2, 0) is 23.9 Å². The number of Topliss-reactive ketones (excluding diaryl/α,β-unsaturated/α-hetero) is 1. The summed E-state index contributed by atoms with van der Waals surface area (Å²) in [5, 5.41) is 0. The molecule has 5 heteroatoms. The second-order valence-electron chi connectivity index (χ2n) is 12.6. The van der Waals surface area contributed by atoms with Crippen LogP contribution >= 0.6 is 0 Å². The molecule has 2 saturated carbocycles. The second kappa shape index (κ2) is 10.0. The third-order valence-electron chi connectivity index (χ3n) is 10.1. The van der Waals surface area contributed by atoms with Crippen molar-refractivity contribution in [1.82, 2.24) is 0 Å². The molecule has 5 rings (SSSR count). The highest BCUT2D eigenvalue weighted by molar-refractivity contribution is 5.88. The molecule has 0 N–H and O–H groups in total. The van der Waals surface area contributed by atoms with Crippen LogP contribution in [0.1, 0.15) is 85.0 Å². The van der Waals surface area contributed by atoms with Crippen LogP contribution in [0.3, 0.4) is 0 Å². The summed E-state index contributed by atoms with van der Waals surface area (Å²) in [6, 6.07) is 0. The zero-order valence-electron chi connectivity index (χ0n) is 22.7. The van der Waals surface area contributed by atoms with Crippen LogP contribution in [0.25, 0.3) is 0 Å². The zero-order chi connectivity index (χ0) is 26.5. The molecule has 2 heterocycles. The molecule has 0 amide bonds. The van der Waals surface area contributed by atoms with Crippen molar-refractivity contribution in [3.05, 3.63) is 47.6 Å². The summed E-state index contributed by atoms with van der Waals surface area (Å²) in [4.78, 5) is 40.0. The van der Waals surface area contributed by atoms with Gasteiger partial charge in [0.05, 0.1) is 11.3 Å². The van der Waals surface area contributed by atoms with E-state index in [1.807, 2.05) is 0 Å². The summed E-state index contributed by atoms with van der Waals surface area (Å²) in [6.45, 7) is 14.5. The Kier molecular flexibility index (Phi) is 7.10. The van der Waals surface area contributed by atoms with Crippen LogP contribution in [0.4, 0.5) is 0 Å². The number of hydrogen-bond donors (Lipinski definition) is 0. The number of fused-ring (bicyclic) bond motifs is 4. The van der Waals surface area contributed by atoms with Gasteiger partial charge in [0, 0.05) is 24.2 Å². The molecule has 3 aliphatic carbocycles. The number of allylic oxidation sites excluding steroid dienone is 4. The standard InChI is InChI=1S/C32H42O5/c1-18-7-6-8-19(2)15-27-24(12-9-18)25(30(34)36-27)17-32(16-22(5)33)26-14-11-20(3)23-13-10-21(4)28(23)29(26)37-31(32)35/h7,15,23-29H,3-4,6,8-14,16-17H2,1-2,5H3/b18-7-,19-15?/t23-,24-,25-,26+,27+,28-,29-,32+/m0/s1. The Morgan fingerprint density at radius 2 is 1.76 bits per heavy atom. The van der Waals surface area contributed by atoms with E-state index in [9.17, 15) is 14.4 Å². The SMILES string of the molecule is C=C1CC[C@H]2C(=C)CC[C@@H]3[C@H](OC(=O)[C@]3(CC(C)=O)C[C@@H]3C(=O)O[C@@H]4C=C(C)CC/C=C(/C)CC[C@@H]34)[C@@H]12. The molecule has 2 aliphatic heterocycles. The molecule has 0 aromatic rings. The van der Waals surface area contributed by atoms with E-state index in [-0.39, 0.29) is 60.0 Å². The highest BCUT2D eigenvalue weighted by Gasteiger charge is 2.63. The van der Waals surface area contributed by atoms with Crippen molar-refractivity contribution in [2.75, 3.05) is 0 Å². The number of rotatable bonds is 4. The molecule has 0 aromatic heterocycles. The lowest BCUT2D eigenvalue weighted by molar-refractivity contribution is -0.153. The van der Waals surface area contributed by atoms with Gasteiger partial charge in [-0.3, -0.25) is 14.4 Å². The largest absolute Gasteiger partial charge is 0.461 e. The van der Waals surface area contributed by atoms with Crippen molar-refractivity contribution in [3.8, 4) is 0 Å². The Balaban J connectivity index is 1.51. The summed E-state index contributed by atoms with van der Waals surface area (Å²) < 4.78 is 12.2. The van der Waals surface area contributed by atoms with Gasteiger partial charge in [0.2, 0.25) is 0 Å². The Bertz CT molecular complexity index is 1080. The van der Waals surface area contributed by atoms with E-state index in [1.165, 1.54) is 16.7 Å². The number of esters is 2. The van der Waals surface area contributed by atoms with Crippen LogP contribution in [-0.4, -0.2) is 29.9 Å². The first-order valence-electron chi connectivity index (χ1n) is 14.2. The van der Waals surface area contributed by atoms with Gasteiger partial charge in [-0.1, -0.05) is 41.5 Å². The molecule has 37 heavy (non-hydrogen) atoms. The van der Waals surface area contributed by atoms with E-state index < -0.39 is 11.3 Å². The molecule has 0 unspecified atom stereocenters. The Hall–Kier alpha value is -2.43. The Morgan fingerprint density at radius 1 is 1.00 bits per heavy atom. The topological polar surface area (TPSA) is 69.7 Å². The van der Waals surface area contributed by atoms with Gasteiger partial charge < -0.3 is 9.47 Å². The molecule has 0 aromatic carbocycles. The fraction of sp³-hybridized carbons (Fsp3) is 0.656. The molecule has 0 radical (unpaired) electrons. The first-order valence-corrected chi connectivity index (χ1v) is 14.2. The van der Waals surface area contributed by atoms with Gasteiger partial charge in [0.15, 0.2) is 0 Å². The van der Waals surface area contributed by atoms with Gasteiger partial charge in [-0.05, 0) is 90.6 Å². The first-order chi connectivity index (χ1) is 17.6. The lowest BCUT2D eigenvalue weighted by atomic mass is 9.62. The highest BCUT2D eigenvalue weighted by Crippen LogP contribution is 2.59. The summed E-state index contributed by atoms with van der Waals surface area (Å²) >= 11 is 0. The van der Waals surface area contributed by atoms with Gasteiger partial charge in [-0.2, -0.15) is 0 Å². The molecule has 5 nitrogen and oxygen atoms in total. The van der Waals surface area contributed by atoms with Gasteiger partial charge >= 0.3 is 11.9 Å². The molecule has 8 atom stereocenters. The van der Waals surface area contributed by atoms with Gasteiger partial charge in [0.25, 0.3) is 0 Å². The predicted octanol–water partition coefficient (Wildman–Crippen LogP) is 6.44. The van der Waals surface area contributed by atoms with Crippen LogP contribution in [0.5, 0.6) is 0 Å². The van der Waals surface area contributed by atoms with E-state index in [0.717, 1.165) is 56.9 Å². The first kappa shape index (κ1) is 26.2. The lowest BCUT2D eigenvalue weighted by Gasteiger charge is -2.35. The van der Waals surface area contributed by atoms with Crippen molar-refractivity contribution in [2.45, 2.75) is 97.2 Å². The maximum atomic E-state index is 13.9. The third kappa shape index (κ3) is 4.68. The average molecular weight is 507 g/mol. The molecule has 4 fully saturated rings. The maximum absolute atomic E-state index is 13.9. The molecular weight excluding hydrogens is 464 g/mol. The second-order valence-corrected chi connectivity index (χ2v) is 12.6. The minimum Gasteiger partial charge on any atom is -0.461 e. The van der Waals surface area contributed by atoms with Crippen molar-refractivity contribution in [2.24, 2.45) is 35.0 Å². The number of hydrogen-bond acceptors (Lipinski definition) is 5. The highest BCUT2D eigenvalue weighted by atomic mass is 16.6. The summed E-state index contributed by atoms with van der Waals surface area (Å²) in [5.41, 5.74) is 3.89. The molecule has 0 bridgehead atoms. The number of ether oxygens (including phenoxy) is 2. The Morgan fingerprint density at radius 3 is 2.51 bits per heavy atom. The zero-order valence-corrected chi connectivity index (χ0v) is 22.7. The quantitative estimate of drug-likeness (QED) is 0.324. The summed E-state index contributed by atoms with van der Waals surface area (Å²) in [7, 11) is 0. The summed E-state index contributed by atoms with van der Waals surface area (Å²) in [6.07, 6.45) is 11.4. The van der Waals surface area contributed by atoms with E-state index in [2.05, 4.69) is 39.2 Å². The van der Waals surface area contributed by atoms with Crippen molar-refractivity contribution < 1.29 is 23.9 Å². The van der Waals surface area contributed by atoms with Crippen LogP contribution < -0.4 is 0 Å².